The lowest BCUT2D eigenvalue weighted by molar-refractivity contribution is 0.409. The fraction of sp³-hybridized carbons (Fsp3) is 0.200. The van der Waals surface area contributed by atoms with Crippen molar-refractivity contribution in [2.24, 2.45) is 0 Å². The van der Waals surface area contributed by atoms with Gasteiger partial charge in [0.15, 0.2) is 0 Å². The van der Waals surface area contributed by atoms with Crippen LogP contribution in [0.15, 0.2) is 65.6 Å². The lowest BCUT2D eigenvalue weighted by Gasteiger charge is -2.11. The molecule has 25 heavy (non-hydrogen) atoms. The van der Waals surface area contributed by atoms with Crippen LogP contribution in [0.4, 0.5) is 0 Å². The Morgan fingerprint density at radius 3 is 2.44 bits per heavy atom. The van der Waals surface area contributed by atoms with Crippen LogP contribution in [0.3, 0.4) is 0 Å². The Labute approximate surface area is 148 Å². The SMILES string of the molecule is CCc1cc(S(=O)(=O)NCc2ccc3ccccc3c2)ccc1OC. The Balaban J connectivity index is 1.81. The van der Waals surface area contributed by atoms with E-state index >= 15 is 0 Å². The number of fused-ring (bicyclic) bond motifs is 1. The normalized spacial score (nSPS) is 11.6. The fourth-order valence-electron chi connectivity index (χ4n) is 2.81. The van der Waals surface area contributed by atoms with E-state index in [1.54, 1.807) is 25.3 Å². The fourth-order valence-corrected chi connectivity index (χ4v) is 3.88. The Hall–Kier alpha value is -2.37. The number of rotatable bonds is 6. The van der Waals surface area contributed by atoms with Crippen molar-refractivity contribution < 1.29 is 13.2 Å². The van der Waals surface area contributed by atoms with Gasteiger partial charge in [0.2, 0.25) is 10.0 Å². The minimum Gasteiger partial charge on any atom is -0.496 e. The van der Waals surface area contributed by atoms with Gasteiger partial charge in [0.05, 0.1) is 12.0 Å². The zero-order valence-electron chi connectivity index (χ0n) is 14.3. The first kappa shape index (κ1) is 17.5. The van der Waals surface area contributed by atoms with Gasteiger partial charge < -0.3 is 4.74 Å². The summed E-state index contributed by atoms with van der Waals surface area (Å²) in [6, 6.07) is 18.9. The Morgan fingerprint density at radius 1 is 0.960 bits per heavy atom. The lowest BCUT2D eigenvalue weighted by atomic mass is 10.1. The van der Waals surface area contributed by atoms with Crippen LogP contribution >= 0.6 is 0 Å². The summed E-state index contributed by atoms with van der Waals surface area (Å²) in [6.07, 6.45) is 0.706. The second-order valence-electron chi connectivity index (χ2n) is 5.83. The molecule has 0 bridgehead atoms. The maximum absolute atomic E-state index is 12.6. The lowest BCUT2D eigenvalue weighted by Crippen LogP contribution is -2.23. The molecule has 0 saturated heterocycles. The average molecular weight is 355 g/mol. The molecule has 3 rings (SSSR count). The standard InChI is InChI=1S/C20H21NO3S/c1-3-16-13-19(10-11-20(16)24-2)25(22,23)21-14-15-8-9-17-6-4-5-7-18(17)12-15/h4-13,21H,3,14H2,1-2H3. The summed E-state index contributed by atoms with van der Waals surface area (Å²) in [6.45, 7) is 2.22. The van der Waals surface area contributed by atoms with E-state index < -0.39 is 10.0 Å². The molecule has 0 saturated carbocycles. The number of hydrogen-bond acceptors (Lipinski definition) is 3. The molecule has 0 spiro atoms. The van der Waals surface area contributed by atoms with Crippen molar-refractivity contribution in [1.29, 1.82) is 0 Å². The quantitative estimate of drug-likeness (QED) is 0.730. The summed E-state index contributed by atoms with van der Waals surface area (Å²) in [5.74, 6) is 0.705. The maximum Gasteiger partial charge on any atom is 0.240 e. The molecule has 5 heteroatoms. The molecule has 130 valence electrons. The summed E-state index contributed by atoms with van der Waals surface area (Å²) < 4.78 is 33.1. The van der Waals surface area contributed by atoms with Crippen molar-refractivity contribution in [2.75, 3.05) is 7.11 Å². The van der Waals surface area contributed by atoms with Gasteiger partial charge in [-0.3, -0.25) is 0 Å². The number of methoxy groups -OCH3 is 1. The van der Waals surface area contributed by atoms with Crippen LogP contribution in [0.2, 0.25) is 0 Å². The van der Waals surface area contributed by atoms with Gasteiger partial charge in [-0.1, -0.05) is 43.3 Å². The van der Waals surface area contributed by atoms with Crippen LogP contribution in [0.5, 0.6) is 5.75 Å². The molecule has 0 aromatic heterocycles. The molecule has 0 radical (unpaired) electrons. The molecule has 0 aliphatic carbocycles. The van der Waals surface area contributed by atoms with E-state index in [2.05, 4.69) is 4.72 Å². The monoisotopic (exact) mass is 355 g/mol. The first-order chi connectivity index (χ1) is 12.0. The molecule has 0 fully saturated rings. The molecule has 3 aromatic rings. The van der Waals surface area contributed by atoms with Crippen LogP contribution in [-0.2, 0) is 23.0 Å². The average Bonchev–Trinajstić information content (AvgIpc) is 2.65. The van der Waals surface area contributed by atoms with Gasteiger partial charge >= 0.3 is 0 Å². The number of ether oxygens (including phenoxy) is 1. The maximum atomic E-state index is 12.6. The minimum absolute atomic E-state index is 0.251. The first-order valence-corrected chi connectivity index (χ1v) is 9.66. The van der Waals surface area contributed by atoms with Gasteiger partial charge in [-0.25, -0.2) is 13.1 Å². The van der Waals surface area contributed by atoms with E-state index in [4.69, 9.17) is 4.74 Å². The van der Waals surface area contributed by atoms with Crippen molar-refractivity contribution in [3.63, 3.8) is 0 Å². The highest BCUT2D eigenvalue weighted by Crippen LogP contribution is 2.23. The zero-order chi connectivity index (χ0) is 17.9. The summed E-state index contributed by atoms with van der Waals surface area (Å²) >= 11 is 0. The molecule has 4 nitrogen and oxygen atoms in total. The molecule has 3 aromatic carbocycles. The molecule has 0 amide bonds. The van der Waals surface area contributed by atoms with Crippen molar-refractivity contribution in [1.82, 2.24) is 4.72 Å². The van der Waals surface area contributed by atoms with Crippen LogP contribution in [-0.4, -0.2) is 15.5 Å². The third-order valence-corrected chi connectivity index (χ3v) is 5.62. The number of nitrogens with one attached hydrogen (secondary N) is 1. The molecule has 0 unspecified atom stereocenters. The van der Waals surface area contributed by atoms with Crippen molar-refractivity contribution in [3.8, 4) is 5.75 Å². The highest BCUT2D eigenvalue weighted by molar-refractivity contribution is 7.89. The van der Waals surface area contributed by atoms with Gasteiger partial charge in [-0.2, -0.15) is 0 Å². The van der Waals surface area contributed by atoms with Crippen LogP contribution in [0.1, 0.15) is 18.1 Å². The van der Waals surface area contributed by atoms with Crippen LogP contribution < -0.4 is 9.46 Å². The second kappa shape index (κ2) is 7.25. The van der Waals surface area contributed by atoms with E-state index in [9.17, 15) is 8.42 Å². The van der Waals surface area contributed by atoms with E-state index in [1.165, 1.54) is 0 Å². The molecule has 1 N–H and O–H groups in total. The van der Waals surface area contributed by atoms with Crippen molar-refractivity contribution >= 4 is 20.8 Å². The summed E-state index contributed by atoms with van der Waals surface area (Å²) in [5, 5.41) is 2.23. The van der Waals surface area contributed by atoms with Crippen LogP contribution in [0, 0.1) is 0 Å². The first-order valence-electron chi connectivity index (χ1n) is 8.18. The minimum atomic E-state index is -3.57. The molecule has 0 atom stereocenters. The molecular formula is C20H21NO3S. The summed E-state index contributed by atoms with van der Waals surface area (Å²) in [7, 11) is -1.99. The number of aryl methyl sites for hydroxylation is 1. The third kappa shape index (κ3) is 3.83. The van der Waals surface area contributed by atoms with Crippen LogP contribution in [0.25, 0.3) is 10.8 Å². The number of sulfonamides is 1. The largest absolute Gasteiger partial charge is 0.496 e. The van der Waals surface area contributed by atoms with Crippen molar-refractivity contribution in [3.05, 3.63) is 71.8 Å². The zero-order valence-corrected chi connectivity index (χ0v) is 15.1. The Kier molecular flexibility index (Phi) is 5.06. The third-order valence-electron chi connectivity index (χ3n) is 4.22. The highest BCUT2D eigenvalue weighted by atomic mass is 32.2. The predicted molar refractivity (Wildman–Crippen MR) is 100 cm³/mol. The predicted octanol–water partition coefficient (Wildman–Crippen LogP) is 3.89. The Morgan fingerprint density at radius 2 is 1.72 bits per heavy atom. The molecule has 0 aliphatic heterocycles. The van der Waals surface area contributed by atoms with E-state index in [1.807, 2.05) is 49.4 Å². The molecule has 0 heterocycles. The molecular weight excluding hydrogens is 334 g/mol. The Bertz CT molecular complexity index is 997. The number of benzene rings is 3. The second-order valence-corrected chi connectivity index (χ2v) is 7.60. The highest BCUT2D eigenvalue weighted by Gasteiger charge is 2.16. The van der Waals surface area contributed by atoms with Crippen molar-refractivity contribution in [2.45, 2.75) is 24.8 Å². The van der Waals surface area contributed by atoms with E-state index in [-0.39, 0.29) is 11.4 Å². The van der Waals surface area contributed by atoms with Gasteiger partial charge in [0.25, 0.3) is 0 Å². The van der Waals surface area contributed by atoms with Gasteiger partial charge in [-0.05, 0) is 52.6 Å². The van der Waals surface area contributed by atoms with Gasteiger partial charge in [-0.15, -0.1) is 0 Å². The van der Waals surface area contributed by atoms with E-state index in [0.717, 1.165) is 21.9 Å². The van der Waals surface area contributed by atoms with E-state index in [0.29, 0.717) is 12.2 Å². The van der Waals surface area contributed by atoms with Gasteiger partial charge in [0.1, 0.15) is 5.75 Å². The molecule has 0 aliphatic rings. The smallest absolute Gasteiger partial charge is 0.240 e. The summed E-state index contributed by atoms with van der Waals surface area (Å²) in [5.41, 5.74) is 1.79. The van der Waals surface area contributed by atoms with Gasteiger partial charge in [0, 0.05) is 6.54 Å². The summed E-state index contributed by atoms with van der Waals surface area (Å²) in [4.78, 5) is 0.255. The number of hydrogen-bond donors (Lipinski definition) is 1. The topological polar surface area (TPSA) is 55.4 Å².